The Kier molecular flexibility index (Phi) is 7.83. The van der Waals surface area contributed by atoms with Crippen molar-refractivity contribution in [1.82, 2.24) is 24.6 Å². The number of nitriles is 1. The molecule has 0 unspecified atom stereocenters. The van der Waals surface area contributed by atoms with Crippen molar-refractivity contribution in [3.8, 4) is 34.5 Å². The summed E-state index contributed by atoms with van der Waals surface area (Å²) < 4.78 is 7.18. The number of nitrogens with zero attached hydrogens (tertiary/aromatic N) is 6. The van der Waals surface area contributed by atoms with Crippen molar-refractivity contribution in [1.29, 1.82) is 5.26 Å². The van der Waals surface area contributed by atoms with Crippen LogP contribution in [0.3, 0.4) is 0 Å². The molecule has 36 heavy (non-hydrogen) atoms. The molecule has 0 fully saturated rings. The second-order valence-corrected chi connectivity index (χ2v) is 8.74. The molecule has 2 aromatic carbocycles. The maximum Gasteiger partial charge on any atom is 0.267 e. The third-order valence-electron chi connectivity index (χ3n) is 5.75. The van der Waals surface area contributed by atoms with Gasteiger partial charge in [-0.05, 0) is 57.3 Å². The molecule has 2 aromatic heterocycles. The van der Waals surface area contributed by atoms with Crippen LogP contribution in [-0.4, -0.2) is 51.9 Å². The van der Waals surface area contributed by atoms with E-state index in [9.17, 15) is 10.1 Å². The smallest absolute Gasteiger partial charge is 0.267 e. The van der Waals surface area contributed by atoms with Gasteiger partial charge in [0.2, 0.25) is 0 Å². The molecule has 0 radical (unpaired) electrons. The molecule has 0 saturated heterocycles. The average molecular weight is 481 g/mol. The Morgan fingerprint density at radius 1 is 1.03 bits per heavy atom. The quantitative estimate of drug-likeness (QED) is 0.332. The van der Waals surface area contributed by atoms with Gasteiger partial charge in [-0.3, -0.25) is 4.79 Å². The highest BCUT2D eigenvalue weighted by Crippen LogP contribution is 2.24. The van der Waals surface area contributed by atoms with Crippen LogP contribution in [0.5, 0.6) is 5.75 Å². The Morgan fingerprint density at radius 3 is 2.53 bits per heavy atom. The molecule has 8 heteroatoms. The van der Waals surface area contributed by atoms with Crippen LogP contribution in [0.25, 0.3) is 22.6 Å². The van der Waals surface area contributed by atoms with Gasteiger partial charge in [-0.1, -0.05) is 30.3 Å². The molecule has 1 atom stereocenters. The predicted octanol–water partition coefficient (Wildman–Crippen LogP) is 4.18. The van der Waals surface area contributed by atoms with Crippen molar-refractivity contribution in [2.45, 2.75) is 19.4 Å². The summed E-state index contributed by atoms with van der Waals surface area (Å²) in [6.07, 6.45) is 4.28. The van der Waals surface area contributed by atoms with Gasteiger partial charge in [0.05, 0.1) is 42.4 Å². The minimum atomic E-state index is -0.323. The molecular formula is C28H28N6O2. The van der Waals surface area contributed by atoms with Gasteiger partial charge in [-0.2, -0.15) is 10.4 Å². The van der Waals surface area contributed by atoms with Gasteiger partial charge in [0, 0.05) is 23.7 Å². The van der Waals surface area contributed by atoms with E-state index in [2.05, 4.69) is 26.0 Å². The molecule has 0 bridgehead atoms. The minimum absolute atomic E-state index is 0.208. The van der Waals surface area contributed by atoms with Crippen molar-refractivity contribution in [2.24, 2.45) is 0 Å². The van der Waals surface area contributed by atoms with Crippen molar-refractivity contribution in [2.75, 3.05) is 27.2 Å². The molecule has 4 aromatic rings. The molecule has 0 saturated carbocycles. The summed E-state index contributed by atoms with van der Waals surface area (Å²) >= 11 is 0. The summed E-state index contributed by atoms with van der Waals surface area (Å²) in [7, 11) is 4.06. The van der Waals surface area contributed by atoms with Crippen LogP contribution in [-0.2, 0) is 0 Å². The Labute approximate surface area is 210 Å². The number of ether oxygens (including phenoxy) is 1. The first-order valence-electron chi connectivity index (χ1n) is 11.7. The third-order valence-corrected chi connectivity index (χ3v) is 5.75. The van der Waals surface area contributed by atoms with Crippen LogP contribution in [0.4, 0.5) is 0 Å². The van der Waals surface area contributed by atoms with Crippen molar-refractivity contribution >= 4 is 0 Å². The number of hydrogen-bond donors (Lipinski definition) is 0. The standard InChI is InChI=1S/C28H28N6O2/c1-20(34-27(35)12-11-26(32-34)23-9-4-7-21(15-23)17-29)22-8-5-10-24(16-22)28-30-18-25(19-31-28)36-14-6-13-33(2)3/h4-5,7-12,15-16,18-20H,6,13-14H2,1-3H3/t20-/m0/s1. The monoisotopic (exact) mass is 480 g/mol. The zero-order chi connectivity index (χ0) is 25.5. The molecule has 0 aliphatic rings. The maximum absolute atomic E-state index is 12.7. The van der Waals surface area contributed by atoms with Gasteiger partial charge in [0.15, 0.2) is 11.6 Å². The largest absolute Gasteiger partial charge is 0.490 e. The number of benzene rings is 2. The first kappa shape index (κ1) is 24.8. The number of aromatic nitrogens is 4. The first-order valence-corrected chi connectivity index (χ1v) is 11.7. The summed E-state index contributed by atoms with van der Waals surface area (Å²) in [5, 5.41) is 13.8. The summed E-state index contributed by atoms with van der Waals surface area (Å²) in [5.41, 5.74) is 3.47. The van der Waals surface area contributed by atoms with Crippen molar-refractivity contribution < 1.29 is 4.74 Å². The van der Waals surface area contributed by atoms with Gasteiger partial charge in [-0.25, -0.2) is 14.6 Å². The third kappa shape index (κ3) is 6.01. The van der Waals surface area contributed by atoms with E-state index >= 15 is 0 Å². The van der Waals surface area contributed by atoms with E-state index in [0.717, 1.165) is 29.7 Å². The van der Waals surface area contributed by atoms with Gasteiger partial charge >= 0.3 is 0 Å². The van der Waals surface area contributed by atoms with Gasteiger partial charge in [-0.15, -0.1) is 0 Å². The Bertz CT molecular complexity index is 1420. The second-order valence-electron chi connectivity index (χ2n) is 8.74. The molecule has 182 valence electrons. The van der Waals surface area contributed by atoms with E-state index in [4.69, 9.17) is 4.74 Å². The van der Waals surface area contributed by atoms with E-state index in [1.54, 1.807) is 36.7 Å². The lowest BCUT2D eigenvalue weighted by atomic mass is 10.0. The molecule has 0 aliphatic heterocycles. The Hall–Kier alpha value is -4.35. The fraction of sp³-hybridized carbons (Fsp3) is 0.250. The van der Waals surface area contributed by atoms with Crippen LogP contribution in [0.15, 0.2) is 77.9 Å². The van der Waals surface area contributed by atoms with Gasteiger partial charge < -0.3 is 9.64 Å². The normalized spacial score (nSPS) is 11.8. The van der Waals surface area contributed by atoms with Crippen LogP contribution >= 0.6 is 0 Å². The van der Waals surface area contributed by atoms with Crippen LogP contribution in [0, 0.1) is 11.3 Å². The van der Waals surface area contributed by atoms with Crippen LogP contribution in [0.2, 0.25) is 0 Å². The van der Waals surface area contributed by atoms with Crippen molar-refractivity contribution in [3.05, 3.63) is 94.5 Å². The fourth-order valence-corrected chi connectivity index (χ4v) is 3.79. The predicted molar refractivity (Wildman–Crippen MR) is 139 cm³/mol. The number of rotatable bonds is 9. The summed E-state index contributed by atoms with van der Waals surface area (Å²) in [6, 6.07) is 19.9. The molecule has 0 aliphatic carbocycles. The Morgan fingerprint density at radius 2 is 1.78 bits per heavy atom. The highest BCUT2D eigenvalue weighted by molar-refractivity contribution is 5.61. The first-order chi connectivity index (χ1) is 17.4. The topological polar surface area (TPSA) is 96.9 Å². The van der Waals surface area contributed by atoms with Crippen LogP contribution < -0.4 is 10.3 Å². The van der Waals surface area contributed by atoms with Crippen molar-refractivity contribution in [3.63, 3.8) is 0 Å². The van der Waals surface area contributed by atoms with Gasteiger partial charge in [0.25, 0.3) is 5.56 Å². The highest BCUT2D eigenvalue weighted by Gasteiger charge is 2.14. The molecule has 4 rings (SSSR count). The molecule has 0 spiro atoms. The highest BCUT2D eigenvalue weighted by atomic mass is 16.5. The molecule has 0 amide bonds. The second kappa shape index (κ2) is 11.4. The van der Waals surface area contributed by atoms with Gasteiger partial charge in [0.1, 0.15) is 0 Å². The lowest BCUT2D eigenvalue weighted by Gasteiger charge is -2.16. The molecule has 0 N–H and O–H groups in total. The molecule has 8 nitrogen and oxygen atoms in total. The summed E-state index contributed by atoms with van der Waals surface area (Å²) in [6.45, 7) is 3.49. The van der Waals surface area contributed by atoms with E-state index in [0.29, 0.717) is 29.4 Å². The zero-order valence-electron chi connectivity index (χ0n) is 20.6. The average Bonchev–Trinajstić information content (AvgIpc) is 2.91. The fourth-order valence-electron chi connectivity index (χ4n) is 3.79. The maximum atomic E-state index is 12.7. The lowest BCUT2D eigenvalue weighted by Crippen LogP contribution is -2.26. The summed E-state index contributed by atoms with van der Waals surface area (Å²) in [5.74, 6) is 1.21. The van der Waals surface area contributed by atoms with E-state index < -0.39 is 0 Å². The minimum Gasteiger partial charge on any atom is -0.490 e. The zero-order valence-corrected chi connectivity index (χ0v) is 20.6. The summed E-state index contributed by atoms with van der Waals surface area (Å²) in [4.78, 5) is 23.7. The van der Waals surface area contributed by atoms with E-state index in [1.165, 1.54) is 10.7 Å². The SMILES string of the molecule is C[C@@H](c1cccc(-c2ncc(OCCCN(C)C)cn2)c1)n1nc(-c2cccc(C#N)c2)ccc1=O. The lowest BCUT2D eigenvalue weighted by molar-refractivity contribution is 0.280. The molecular weight excluding hydrogens is 452 g/mol. The Balaban J connectivity index is 1.54. The number of hydrogen-bond acceptors (Lipinski definition) is 7. The van der Waals surface area contributed by atoms with Crippen LogP contribution in [0.1, 0.15) is 30.5 Å². The molecule has 2 heterocycles. The van der Waals surface area contributed by atoms with E-state index in [-0.39, 0.29) is 11.6 Å². The van der Waals surface area contributed by atoms with E-state index in [1.807, 2.05) is 51.4 Å².